The average molecular weight is 287 g/mol. The van der Waals surface area contributed by atoms with Gasteiger partial charge in [-0.05, 0) is 31.2 Å². The zero-order valence-corrected chi connectivity index (χ0v) is 12.7. The molecule has 1 atom stereocenters. The Morgan fingerprint density at radius 2 is 1.86 bits per heavy atom. The molecule has 1 aliphatic heterocycles. The second-order valence-corrected chi connectivity index (χ2v) is 6.32. The van der Waals surface area contributed by atoms with Gasteiger partial charge in [0.2, 0.25) is 5.91 Å². The van der Waals surface area contributed by atoms with Crippen LogP contribution in [0.3, 0.4) is 0 Å². The topological polar surface area (TPSA) is 29.5 Å². The predicted molar refractivity (Wildman–Crippen MR) is 82.8 cm³/mol. The number of carbonyl (C=O) groups is 1. The summed E-state index contributed by atoms with van der Waals surface area (Å²) in [5.74, 6) is 0.585. The first-order chi connectivity index (χ1) is 10.3. The van der Waals surface area contributed by atoms with Gasteiger partial charge in [-0.3, -0.25) is 4.79 Å². The highest BCUT2D eigenvalue weighted by atomic mass is 16.5. The summed E-state index contributed by atoms with van der Waals surface area (Å²) in [4.78, 5) is 14.9. The van der Waals surface area contributed by atoms with E-state index < -0.39 is 0 Å². The molecule has 1 amide bonds. The van der Waals surface area contributed by atoms with Gasteiger partial charge in [0.05, 0.1) is 6.10 Å². The van der Waals surface area contributed by atoms with Crippen molar-refractivity contribution in [2.75, 3.05) is 13.2 Å². The van der Waals surface area contributed by atoms with E-state index in [0.717, 1.165) is 45.4 Å². The maximum Gasteiger partial charge on any atom is 0.226 e. The zero-order chi connectivity index (χ0) is 14.5. The third-order valence-corrected chi connectivity index (χ3v) is 4.68. The highest BCUT2D eigenvalue weighted by Crippen LogP contribution is 2.28. The summed E-state index contributed by atoms with van der Waals surface area (Å²) in [6.45, 7) is 2.32. The Morgan fingerprint density at radius 1 is 1.10 bits per heavy atom. The molecule has 1 aliphatic carbocycles. The van der Waals surface area contributed by atoms with E-state index in [1.165, 1.54) is 18.4 Å². The Labute approximate surface area is 127 Å². The van der Waals surface area contributed by atoms with Crippen LogP contribution in [0.15, 0.2) is 30.3 Å². The molecule has 1 heterocycles. The molecule has 0 aromatic heterocycles. The number of hydrogen-bond donors (Lipinski definition) is 0. The molecule has 3 nitrogen and oxygen atoms in total. The fourth-order valence-corrected chi connectivity index (χ4v) is 3.50. The van der Waals surface area contributed by atoms with Crippen LogP contribution >= 0.6 is 0 Å². The van der Waals surface area contributed by atoms with Gasteiger partial charge in [0.15, 0.2) is 0 Å². The second kappa shape index (κ2) is 7.08. The predicted octanol–water partition coefficient (Wildman–Crippen LogP) is 3.38. The van der Waals surface area contributed by atoms with Gasteiger partial charge in [-0.2, -0.15) is 0 Å². The largest absolute Gasteiger partial charge is 0.376 e. The van der Waals surface area contributed by atoms with Crippen LogP contribution in [0.1, 0.15) is 44.1 Å². The number of rotatable bonds is 5. The minimum atomic E-state index is 0.235. The number of nitrogens with zero attached hydrogens (tertiary/aromatic N) is 1. The molecule has 1 saturated carbocycles. The molecular weight excluding hydrogens is 262 g/mol. The van der Waals surface area contributed by atoms with E-state index in [-0.39, 0.29) is 12.0 Å². The summed E-state index contributed by atoms with van der Waals surface area (Å²) in [7, 11) is 0. The van der Waals surface area contributed by atoms with Gasteiger partial charge in [-0.15, -0.1) is 0 Å². The molecule has 0 unspecified atom stereocenters. The Bertz CT molecular complexity index is 448. The van der Waals surface area contributed by atoms with Gasteiger partial charge in [0, 0.05) is 25.6 Å². The maximum atomic E-state index is 12.8. The lowest BCUT2D eigenvalue weighted by Gasteiger charge is -2.28. The Kier molecular flexibility index (Phi) is 4.91. The molecule has 0 spiro atoms. The molecule has 0 radical (unpaired) electrons. The van der Waals surface area contributed by atoms with Crippen LogP contribution in [-0.4, -0.2) is 30.1 Å². The average Bonchev–Trinajstić information content (AvgIpc) is 3.20. The van der Waals surface area contributed by atoms with Crippen molar-refractivity contribution in [3.63, 3.8) is 0 Å². The van der Waals surface area contributed by atoms with Crippen LogP contribution < -0.4 is 0 Å². The van der Waals surface area contributed by atoms with Crippen molar-refractivity contribution in [3.8, 4) is 0 Å². The van der Waals surface area contributed by atoms with Crippen molar-refractivity contribution in [1.82, 2.24) is 4.90 Å². The second-order valence-electron chi connectivity index (χ2n) is 6.32. The van der Waals surface area contributed by atoms with Gasteiger partial charge >= 0.3 is 0 Å². The smallest absolute Gasteiger partial charge is 0.226 e. The Balaban J connectivity index is 1.68. The molecule has 1 aromatic rings. The zero-order valence-electron chi connectivity index (χ0n) is 12.7. The van der Waals surface area contributed by atoms with Gasteiger partial charge in [-0.1, -0.05) is 43.2 Å². The van der Waals surface area contributed by atoms with Crippen LogP contribution in [0.2, 0.25) is 0 Å². The molecule has 3 rings (SSSR count). The van der Waals surface area contributed by atoms with Crippen molar-refractivity contribution >= 4 is 5.91 Å². The lowest BCUT2D eigenvalue weighted by Crippen LogP contribution is -2.39. The van der Waals surface area contributed by atoms with E-state index in [1.54, 1.807) is 0 Å². The lowest BCUT2D eigenvalue weighted by molar-refractivity contribution is -0.137. The first-order valence-electron chi connectivity index (χ1n) is 8.27. The summed E-state index contributed by atoms with van der Waals surface area (Å²) in [6.07, 6.45) is 6.99. The third kappa shape index (κ3) is 3.85. The highest BCUT2D eigenvalue weighted by molar-refractivity contribution is 5.79. The SMILES string of the molecule is O=C(C1CCCC1)N(Cc1ccccc1)C[C@@H]1CCCO1. The van der Waals surface area contributed by atoms with E-state index >= 15 is 0 Å². The summed E-state index contributed by atoms with van der Waals surface area (Å²) in [5.41, 5.74) is 1.21. The molecule has 114 valence electrons. The molecule has 3 heteroatoms. The van der Waals surface area contributed by atoms with Crippen LogP contribution in [-0.2, 0) is 16.1 Å². The quantitative estimate of drug-likeness (QED) is 0.831. The molecule has 1 aromatic carbocycles. The van der Waals surface area contributed by atoms with E-state index in [9.17, 15) is 4.79 Å². The van der Waals surface area contributed by atoms with Crippen molar-refractivity contribution in [1.29, 1.82) is 0 Å². The molecule has 21 heavy (non-hydrogen) atoms. The number of amides is 1. The van der Waals surface area contributed by atoms with Gasteiger partial charge in [0.25, 0.3) is 0 Å². The fourth-order valence-electron chi connectivity index (χ4n) is 3.50. The Morgan fingerprint density at radius 3 is 2.52 bits per heavy atom. The van der Waals surface area contributed by atoms with E-state index in [1.807, 2.05) is 23.1 Å². The van der Waals surface area contributed by atoms with Crippen molar-refractivity contribution in [2.45, 2.75) is 51.2 Å². The number of hydrogen-bond acceptors (Lipinski definition) is 2. The summed E-state index contributed by atoms with van der Waals surface area (Å²) < 4.78 is 5.74. The van der Waals surface area contributed by atoms with Crippen LogP contribution in [0.4, 0.5) is 0 Å². The maximum absolute atomic E-state index is 12.8. The standard InChI is InChI=1S/C18H25NO2/c20-18(16-9-4-5-10-16)19(14-17-11-6-12-21-17)13-15-7-2-1-3-8-15/h1-3,7-8,16-17H,4-6,9-14H2/t17-/m0/s1. The van der Waals surface area contributed by atoms with Crippen LogP contribution in [0.5, 0.6) is 0 Å². The normalized spacial score (nSPS) is 22.6. The highest BCUT2D eigenvalue weighted by Gasteiger charge is 2.29. The van der Waals surface area contributed by atoms with Crippen molar-refractivity contribution in [3.05, 3.63) is 35.9 Å². The van der Waals surface area contributed by atoms with Gasteiger partial charge in [-0.25, -0.2) is 0 Å². The summed E-state index contributed by atoms with van der Waals surface area (Å²) in [6, 6.07) is 10.3. The van der Waals surface area contributed by atoms with Crippen LogP contribution in [0.25, 0.3) is 0 Å². The van der Waals surface area contributed by atoms with Gasteiger partial charge < -0.3 is 9.64 Å². The Hall–Kier alpha value is -1.35. The number of benzene rings is 1. The third-order valence-electron chi connectivity index (χ3n) is 4.68. The van der Waals surface area contributed by atoms with Crippen molar-refractivity contribution < 1.29 is 9.53 Å². The molecule has 1 saturated heterocycles. The van der Waals surface area contributed by atoms with Crippen molar-refractivity contribution in [2.24, 2.45) is 5.92 Å². The number of ether oxygens (including phenoxy) is 1. The fraction of sp³-hybridized carbons (Fsp3) is 0.611. The van der Waals surface area contributed by atoms with E-state index in [2.05, 4.69) is 12.1 Å². The van der Waals surface area contributed by atoms with E-state index in [4.69, 9.17) is 4.74 Å². The minimum absolute atomic E-state index is 0.235. The molecule has 0 N–H and O–H groups in total. The molecule has 2 aliphatic rings. The first-order valence-corrected chi connectivity index (χ1v) is 8.27. The molecular formula is C18H25NO2. The van der Waals surface area contributed by atoms with E-state index in [0.29, 0.717) is 5.91 Å². The van der Waals surface area contributed by atoms with Crippen LogP contribution in [0, 0.1) is 5.92 Å². The summed E-state index contributed by atoms with van der Waals surface area (Å²) in [5, 5.41) is 0. The lowest BCUT2D eigenvalue weighted by atomic mass is 10.1. The summed E-state index contributed by atoms with van der Waals surface area (Å²) >= 11 is 0. The molecule has 0 bridgehead atoms. The van der Waals surface area contributed by atoms with Gasteiger partial charge in [0.1, 0.15) is 0 Å². The monoisotopic (exact) mass is 287 g/mol. The molecule has 2 fully saturated rings. The number of carbonyl (C=O) groups excluding carboxylic acids is 1. The minimum Gasteiger partial charge on any atom is -0.376 e. The first kappa shape index (κ1) is 14.6.